The van der Waals surface area contributed by atoms with Gasteiger partial charge in [-0.05, 0) is 52.4 Å². The summed E-state index contributed by atoms with van der Waals surface area (Å²) >= 11 is 2.29. The Balaban J connectivity index is 2.29. The first kappa shape index (κ1) is 9.38. The Labute approximate surface area is 94.4 Å². The molecule has 0 aliphatic heterocycles. The second-order valence-electron chi connectivity index (χ2n) is 2.77. The molecule has 0 saturated heterocycles. The Bertz CT molecular complexity index is 425. The minimum atomic E-state index is 0.482. The van der Waals surface area contributed by atoms with Gasteiger partial charge in [0.2, 0.25) is 0 Å². The number of benzene rings is 1. The van der Waals surface area contributed by atoms with Crippen LogP contribution in [0.25, 0.3) is 0 Å². The van der Waals surface area contributed by atoms with Crippen molar-refractivity contribution in [1.29, 1.82) is 0 Å². The summed E-state index contributed by atoms with van der Waals surface area (Å²) in [5.41, 5.74) is 2.18. The van der Waals surface area contributed by atoms with Gasteiger partial charge < -0.3 is 5.32 Å². The lowest BCUT2D eigenvalue weighted by molar-refractivity contribution is 0.881. The van der Waals surface area contributed by atoms with E-state index in [9.17, 15) is 0 Å². The third kappa shape index (κ3) is 1.84. The summed E-state index contributed by atoms with van der Waals surface area (Å²) in [6.07, 6.45) is 0. The maximum atomic E-state index is 3.82. The van der Waals surface area contributed by atoms with Crippen LogP contribution in [0.3, 0.4) is 0 Å². The summed E-state index contributed by atoms with van der Waals surface area (Å²) < 4.78 is 1.20. The van der Waals surface area contributed by atoms with Gasteiger partial charge in [0.05, 0.1) is 0 Å². The molecule has 2 aromatic rings. The van der Waals surface area contributed by atoms with Gasteiger partial charge in [0, 0.05) is 9.26 Å². The van der Waals surface area contributed by atoms with Gasteiger partial charge >= 0.3 is 0 Å². The molecule has 0 bridgehead atoms. The van der Waals surface area contributed by atoms with Gasteiger partial charge in [-0.2, -0.15) is 5.21 Å². The van der Waals surface area contributed by atoms with Crippen molar-refractivity contribution in [3.63, 3.8) is 0 Å². The molecule has 0 fully saturated rings. The van der Waals surface area contributed by atoms with E-state index < -0.39 is 0 Å². The topological polar surface area (TPSA) is 66.5 Å². The fourth-order valence-electron chi connectivity index (χ4n) is 1.08. The summed E-state index contributed by atoms with van der Waals surface area (Å²) in [5, 5.41) is 16.6. The zero-order chi connectivity index (χ0) is 9.97. The maximum absolute atomic E-state index is 3.82. The Morgan fingerprint density at radius 2 is 2.29 bits per heavy atom. The van der Waals surface area contributed by atoms with Crippen LogP contribution in [0.1, 0.15) is 5.56 Å². The van der Waals surface area contributed by atoms with Gasteiger partial charge in [-0.3, -0.25) is 0 Å². The molecule has 0 aliphatic rings. The summed E-state index contributed by atoms with van der Waals surface area (Å²) in [6.45, 7) is 2.05. The lowest BCUT2D eigenvalue weighted by Crippen LogP contribution is -1.96. The summed E-state index contributed by atoms with van der Waals surface area (Å²) in [6, 6.07) is 6.02. The number of nitrogens with zero attached hydrogens (tertiary/aromatic N) is 3. The van der Waals surface area contributed by atoms with Crippen molar-refractivity contribution in [2.24, 2.45) is 0 Å². The van der Waals surface area contributed by atoms with Crippen LogP contribution in [0.2, 0.25) is 0 Å². The number of aromatic nitrogens is 4. The van der Waals surface area contributed by atoms with Crippen molar-refractivity contribution in [1.82, 2.24) is 20.6 Å². The molecule has 0 amide bonds. The van der Waals surface area contributed by atoms with Crippen molar-refractivity contribution >= 4 is 34.2 Å². The second kappa shape index (κ2) is 3.91. The third-order valence-corrected chi connectivity index (χ3v) is 3.03. The third-order valence-electron chi connectivity index (χ3n) is 1.86. The van der Waals surface area contributed by atoms with Crippen LogP contribution in [0, 0.1) is 10.5 Å². The minimum absolute atomic E-state index is 0.482. The smallest absolute Gasteiger partial charge is 0.267 e. The number of anilines is 2. The highest BCUT2D eigenvalue weighted by Crippen LogP contribution is 2.21. The fraction of sp³-hybridized carbons (Fsp3) is 0.125. The van der Waals surface area contributed by atoms with Crippen LogP contribution in [0.15, 0.2) is 18.2 Å². The highest BCUT2D eigenvalue weighted by Gasteiger charge is 2.03. The van der Waals surface area contributed by atoms with Crippen LogP contribution in [-0.4, -0.2) is 20.6 Å². The molecule has 0 atom stereocenters. The predicted octanol–water partition coefficient (Wildman–Crippen LogP) is 1.86. The number of nitrogens with one attached hydrogen (secondary N) is 2. The van der Waals surface area contributed by atoms with Gasteiger partial charge in [0.15, 0.2) is 0 Å². The largest absolute Gasteiger partial charge is 0.321 e. The van der Waals surface area contributed by atoms with E-state index in [1.165, 1.54) is 9.13 Å². The summed E-state index contributed by atoms with van der Waals surface area (Å²) in [5.74, 6) is 0.482. The predicted molar refractivity (Wildman–Crippen MR) is 61.4 cm³/mol. The molecule has 1 aromatic carbocycles. The SMILES string of the molecule is Cc1c(I)cccc1Nc1nn[nH]n1. The van der Waals surface area contributed by atoms with E-state index in [0.717, 1.165) is 5.69 Å². The Morgan fingerprint density at radius 3 is 3.00 bits per heavy atom. The molecule has 5 nitrogen and oxygen atoms in total. The van der Waals surface area contributed by atoms with Crippen molar-refractivity contribution in [3.8, 4) is 0 Å². The lowest BCUT2D eigenvalue weighted by atomic mass is 10.2. The number of aromatic amines is 1. The van der Waals surface area contributed by atoms with E-state index in [4.69, 9.17) is 0 Å². The van der Waals surface area contributed by atoms with E-state index in [0.29, 0.717) is 5.95 Å². The van der Waals surface area contributed by atoms with Gasteiger partial charge in [0.1, 0.15) is 0 Å². The molecule has 1 heterocycles. The van der Waals surface area contributed by atoms with E-state index in [1.807, 2.05) is 19.1 Å². The number of rotatable bonds is 2. The van der Waals surface area contributed by atoms with Crippen LogP contribution < -0.4 is 5.32 Å². The minimum Gasteiger partial charge on any atom is -0.321 e. The molecule has 0 spiro atoms. The zero-order valence-electron chi connectivity index (χ0n) is 7.45. The number of halogens is 1. The molecule has 6 heteroatoms. The molecule has 0 aliphatic carbocycles. The molecule has 0 radical (unpaired) electrons. The summed E-state index contributed by atoms with van der Waals surface area (Å²) in [7, 11) is 0. The first-order valence-corrected chi connectivity index (χ1v) is 5.11. The molecule has 2 rings (SSSR count). The second-order valence-corrected chi connectivity index (χ2v) is 3.93. The van der Waals surface area contributed by atoms with Crippen molar-refractivity contribution in [2.45, 2.75) is 6.92 Å². The van der Waals surface area contributed by atoms with Crippen molar-refractivity contribution in [3.05, 3.63) is 27.3 Å². The normalized spacial score (nSPS) is 10.1. The van der Waals surface area contributed by atoms with E-state index in [1.54, 1.807) is 0 Å². The summed E-state index contributed by atoms with van der Waals surface area (Å²) in [4.78, 5) is 0. The van der Waals surface area contributed by atoms with Crippen molar-refractivity contribution < 1.29 is 0 Å². The molecule has 0 unspecified atom stereocenters. The fourth-order valence-corrected chi connectivity index (χ4v) is 1.58. The first-order valence-electron chi connectivity index (χ1n) is 4.03. The molecule has 72 valence electrons. The molecule has 2 N–H and O–H groups in total. The van der Waals surface area contributed by atoms with E-state index >= 15 is 0 Å². The van der Waals surface area contributed by atoms with Gasteiger partial charge in [-0.25, -0.2) is 0 Å². The number of H-pyrrole nitrogens is 1. The number of tetrazole rings is 1. The van der Waals surface area contributed by atoms with Crippen LogP contribution in [-0.2, 0) is 0 Å². The van der Waals surface area contributed by atoms with Gasteiger partial charge in [0.25, 0.3) is 5.95 Å². The van der Waals surface area contributed by atoms with E-state index in [2.05, 4.69) is 54.6 Å². The highest BCUT2D eigenvalue weighted by molar-refractivity contribution is 14.1. The average molecular weight is 301 g/mol. The maximum Gasteiger partial charge on any atom is 0.267 e. The van der Waals surface area contributed by atoms with Gasteiger partial charge in [-0.1, -0.05) is 11.2 Å². The number of hydrogen-bond donors (Lipinski definition) is 2. The molecular formula is C8H8IN5. The van der Waals surface area contributed by atoms with Crippen LogP contribution >= 0.6 is 22.6 Å². The van der Waals surface area contributed by atoms with E-state index in [-0.39, 0.29) is 0 Å². The number of hydrogen-bond acceptors (Lipinski definition) is 4. The molecule has 0 saturated carbocycles. The molecule has 14 heavy (non-hydrogen) atoms. The lowest BCUT2D eigenvalue weighted by Gasteiger charge is -2.06. The quantitative estimate of drug-likeness (QED) is 0.831. The average Bonchev–Trinajstić information content (AvgIpc) is 2.66. The Hall–Kier alpha value is -1.18. The Kier molecular flexibility index (Phi) is 2.62. The first-order chi connectivity index (χ1) is 6.77. The standard InChI is InChI=1S/C8H8IN5/c1-5-6(9)3-2-4-7(5)10-8-11-13-14-12-8/h2-4H,1H3,(H2,10,11,12,13,14). The van der Waals surface area contributed by atoms with Crippen LogP contribution in [0.5, 0.6) is 0 Å². The van der Waals surface area contributed by atoms with Crippen molar-refractivity contribution in [2.75, 3.05) is 5.32 Å². The zero-order valence-corrected chi connectivity index (χ0v) is 9.61. The van der Waals surface area contributed by atoms with Crippen LogP contribution in [0.4, 0.5) is 11.6 Å². The van der Waals surface area contributed by atoms with Gasteiger partial charge in [-0.15, -0.1) is 5.10 Å². The Morgan fingerprint density at radius 1 is 1.43 bits per heavy atom. The molecular weight excluding hydrogens is 293 g/mol. The monoisotopic (exact) mass is 301 g/mol. The molecule has 1 aromatic heterocycles. The highest BCUT2D eigenvalue weighted by atomic mass is 127.